The average Bonchev–Trinajstić information content (AvgIpc) is 2.35. The third-order valence-corrected chi connectivity index (χ3v) is 3.39. The van der Waals surface area contributed by atoms with Gasteiger partial charge in [0, 0.05) is 54.2 Å². The molecular weight excluding hydrogens is 236 g/mol. The van der Waals surface area contributed by atoms with Crippen LogP contribution < -0.4 is 0 Å². The number of hydrogen-bond donors (Lipinski definition) is 0. The van der Waals surface area contributed by atoms with E-state index in [9.17, 15) is 0 Å². The maximum absolute atomic E-state index is 4.15. The summed E-state index contributed by atoms with van der Waals surface area (Å²) >= 11 is 0. The van der Waals surface area contributed by atoms with E-state index in [-0.39, 0.29) is 0 Å². The highest BCUT2D eigenvalue weighted by Gasteiger charge is 2.07. The molecule has 0 bridgehead atoms. The molecule has 0 fully saturated rings. The fourth-order valence-electron chi connectivity index (χ4n) is 1.85. The minimum atomic E-state index is 0.791. The summed E-state index contributed by atoms with van der Waals surface area (Å²) in [5, 5.41) is 4.10. The monoisotopic (exact) mass is 268 g/mol. The van der Waals surface area contributed by atoms with Crippen LogP contribution in [-0.2, 0) is 0 Å². The van der Waals surface area contributed by atoms with Gasteiger partial charge in [0.1, 0.15) is 0 Å². The van der Waals surface area contributed by atoms with E-state index in [4.69, 9.17) is 0 Å². The summed E-state index contributed by atoms with van der Waals surface area (Å²) in [6.45, 7) is 5.65. The van der Waals surface area contributed by atoms with Gasteiger partial charge in [-0.1, -0.05) is 26.7 Å². The van der Waals surface area contributed by atoms with Crippen molar-refractivity contribution >= 4 is 6.21 Å². The van der Waals surface area contributed by atoms with E-state index >= 15 is 0 Å². The van der Waals surface area contributed by atoms with Gasteiger partial charge in [-0.2, -0.15) is 0 Å². The van der Waals surface area contributed by atoms with Crippen LogP contribution in [0.5, 0.6) is 0 Å². The van der Waals surface area contributed by atoms with Crippen molar-refractivity contribution in [3.05, 3.63) is 11.9 Å². The van der Waals surface area contributed by atoms with E-state index in [2.05, 4.69) is 42.0 Å². The fraction of sp³-hybridized carbons (Fsp3) is 0.800. The Hall–Kier alpha value is -1.03. The van der Waals surface area contributed by atoms with Gasteiger partial charge in [0.15, 0.2) is 0 Å². The number of hydrogen-bond acceptors (Lipinski definition) is 4. The molecule has 0 aromatic heterocycles. The van der Waals surface area contributed by atoms with Crippen molar-refractivity contribution in [2.24, 2.45) is 10.9 Å². The second kappa shape index (κ2) is 9.84. The lowest BCUT2D eigenvalue weighted by atomic mass is 10.0. The summed E-state index contributed by atoms with van der Waals surface area (Å²) in [5.41, 5.74) is 1.14. The molecule has 1 unspecified atom stereocenters. The van der Waals surface area contributed by atoms with Crippen molar-refractivity contribution in [2.75, 3.05) is 41.8 Å². The Morgan fingerprint density at radius 3 is 2.26 bits per heavy atom. The molecule has 4 nitrogen and oxygen atoms in total. The topological polar surface area (TPSA) is 22.1 Å². The molecular formula is C15H32N4. The lowest BCUT2D eigenvalue weighted by molar-refractivity contribution is 0.113. The predicted octanol–water partition coefficient (Wildman–Crippen LogP) is 2.69. The minimum Gasteiger partial charge on any atom is -0.372 e. The van der Waals surface area contributed by atoms with Crippen molar-refractivity contribution in [2.45, 2.75) is 33.1 Å². The van der Waals surface area contributed by atoms with Crippen molar-refractivity contribution in [3.63, 3.8) is 0 Å². The lowest BCUT2D eigenvalue weighted by Gasteiger charge is -2.27. The zero-order chi connectivity index (χ0) is 14.8. The maximum Gasteiger partial charge on any atom is 0.0721 e. The molecule has 0 rings (SSSR count). The molecule has 0 heterocycles. The normalized spacial score (nSPS) is 14.2. The standard InChI is InChI=1S/C15H32N4/c1-8-9-14(2)10-11-18(6)15(12-16-3)13-19(7)17(4)5/h12-14H,8-11H2,1-7H3/b15-13+,16-12-. The number of rotatable bonds is 9. The van der Waals surface area contributed by atoms with Crippen molar-refractivity contribution in [3.8, 4) is 0 Å². The highest BCUT2D eigenvalue weighted by molar-refractivity contribution is 5.77. The van der Waals surface area contributed by atoms with Gasteiger partial charge in [-0.25, -0.2) is 5.01 Å². The molecule has 0 saturated heterocycles. The second-order valence-corrected chi connectivity index (χ2v) is 5.47. The molecule has 0 aliphatic heterocycles. The van der Waals surface area contributed by atoms with Crippen LogP contribution in [0.3, 0.4) is 0 Å². The Balaban J connectivity index is 4.53. The molecule has 0 aromatic carbocycles. The van der Waals surface area contributed by atoms with Gasteiger partial charge < -0.3 is 9.91 Å². The number of nitrogens with zero attached hydrogens (tertiary/aromatic N) is 4. The van der Waals surface area contributed by atoms with Gasteiger partial charge in [0.05, 0.1) is 5.70 Å². The van der Waals surface area contributed by atoms with Crippen molar-refractivity contribution in [1.82, 2.24) is 14.9 Å². The quantitative estimate of drug-likeness (QED) is 0.474. The van der Waals surface area contributed by atoms with Crippen LogP contribution in [0.25, 0.3) is 0 Å². The van der Waals surface area contributed by atoms with E-state index in [0.29, 0.717) is 0 Å². The third-order valence-electron chi connectivity index (χ3n) is 3.39. The molecule has 1 atom stereocenters. The fourth-order valence-corrected chi connectivity index (χ4v) is 1.85. The summed E-state index contributed by atoms with van der Waals surface area (Å²) in [4.78, 5) is 6.43. The van der Waals surface area contributed by atoms with Crippen LogP contribution in [0, 0.1) is 5.92 Å². The Kier molecular flexibility index (Phi) is 9.31. The van der Waals surface area contributed by atoms with E-state index in [1.807, 2.05) is 39.4 Å². The molecule has 0 amide bonds. The summed E-state index contributed by atoms with van der Waals surface area (Å²) in [7, 11) is 10.0. The molecule has 4 heteroatoms. The molecule has 19 heavy (non-hydrogen) atoms. The zero-order valence-electron chi connectivity index (χ0n) is 13.8. The van der Waals surface area contributed by atoms with E-state index in [1.165, 1.54) is 19.3 Å². The molecule has 0 radical (unpaired) electrons. The molecule has 0 N–H and O–H groups in total. The highest BCUT2D eigenvalue weighted by Crippen LogP contribution is 2.12. The smallest absolute Gasteiger partial charge is 0.0721 e. The van der Waals surface area contributed by atoms with E-state index in [1.54, 1.807) is 0 Å². The zero-order valence-corrected chi connectivity index (χ0v) is 13.8. The highest BCUT2D eigenvalue weighted by atomic mass is 15.6. The van der Waals surface area contributed by atoms with Crippen LogP contribution in [0.4, 0.5) is 0 Å². The Morgan fingerprint density at radius 2 is 1.79 bits per heavy atom. The van der Waals surface area contributed by atoms with Gasteiger partial charge in [-0.3, -0.25) is 4.99 Å². The third kappa shape index (κ3) is 7.88. The van der Waals surface area contributed by atoms with E-state index in [0.717, 1.165) is 18.2 Å². The average molecular weight is 268 g/mol. The number of aliphatic imine (C=N–C) groups is 1. The summed E-state index contributed by atoms with van der Waals surface area (Å²) in [5.74, 6) is 0.791. The van der Waals surface area contributed by atoms with Gasteiger partial charge >= 0.3 is 0 Å². The van der Waals surface area contributed by atoms with Gasteiger partial charge in [-0.05, 0) is 12.3 Å². The van der Waals surface area contributed by atoms with Crippen LogP contribution in [0.2, 0.25) is 0 Å². The summed E-state index contributed by atoms with van der Waals surface area (Å²) < 4.78 is 0. The second-order valence-electron chi connectivity index (χ2n) is 5.47. The Labute approximate surface area is 119 Å². The molecule has 0 aliphatic carbocycles. The predicted molar refractivity (Wildman–Crippen MR) is 85.3 cm³/mol. The van der Waals surface area contributed by atoms with E-state index < -0.39 is 0 Å². The van der Waals surface area contributed by atoms with Crippen LogP contribution in [-0.4, -0.2) is 62.9 Å². The summed E-state index contributed by atoms with van der Waals surface area (Å²) in [6.07, 6.45) is 7.84. The van der Waals surface area contributed by atoms with Crippen molar-refractivity contribution in [1.29, 1.82) is 0 Å². The van der Waals surface area contributed by atoms with Crippen molar-refractivity contribution < 1.29 is 0 Å². The SMILES string of the molecule is CCCC(C)CCN(C)C(/C=N\C)=C/N(C)N(C)C. The first-order valence-corrected chi connectivity index (χ1v) is 7.17. The Bertz CT molecular complexity index is 284. The minimum absolute atomic E-state index is 0.791. The maximum atomic E-state index is 4.15. The first-order valence-electron chi connectivity index (χ1n) is 7.17. The molecule has 0 saturated carbocycles. The molecule has 0 aromatic rings. The number of hydrazine groups is 1. The van der Waals surface area contributed by atoms with Crippen LogP contribution >= 0.6 is 0 Å². The first-order chi connectivity index (χ1) is 8.92. The molecule has 112 valence electrons. The lowest BCUT2D eigenvalue weighted by Crippen LogP contribution is -2.31. The Morgan fingerprint density at radius 1 is 1.16 bits per heavy atom. The van der Waals surface area contributed by atoms with Crippen LogP contribution in [0.1, 0.15) is 33.1 Å². The largest absolute Gasteiger partial charge is 0.372 e. The summed E-state index contributed by atoms with van der Waals surface area (Å²) in [6, 6.07) is 0. The van der Waals surface area contributed by atoms with Crippen LogP contribution in [0.15, 0.2) is 16.9 Å². The van der Waals surface area contributed by atoms with Gasteiger partial charge in [0.2, 0.25) is 0 Å². The van der Waals surface area contributed by atoms with Gasteiger partial charge in [-0.15, -0.1) is 0 Å². The van der Waals surface area contributed by atoms with Gasteiger partial charge in [0.25, 0.3) is 0 Å². The molecule has 0 spiro atoms. The first kappa shape index (κ1) is 18.0. The molecule has 0 aliphatic rings. The number of allylic oxidation sites excluding steroid dienone is 1.